The highest BCUT2D eigenvalue weighted by Crippen LogP contribution is 2.29. The van der Waals surface area contributed by atoms with Crippen molar-refractivity contribution >= 4 is 11.6 Å². The van der Waals surface area contributed by atoms with Gasteiger partial charge in [0.15, 0.2) is 0 Å². The average Bonchev–Trinajstić information content (AvgIpc) is 2.48. The van der Waals surface area contributed by atoms with Gasteiger partial charge in [-0.15, -0.1) is 0 Å². The third kappa shape index (κ3) is 3.38. The molecule has 1 aliphatic heterocycles. The molecule has 1 saturated heterocycles. The van der Waals surface area contributed by atoms with Gasteiger partial charge in [-0.2, -0.15) is 0 Å². The normalized spacial score (nSPS) is 18.7. The van der Waals surface area contributed by atoms with Crippen LogP contribution < -0.4 is 20.1 Å². The van der Waals surface area contributed by atoms with Gasteiger partial charge in [-0.3, -0.25) is 4.79 Å². The Hall–Kier alpha value is -1.75. The number of anilines is 1. The quantitative estimate of drug-likeness (QED) is 0.868. The summed E-state index contributed by atoms with van der Waals surface area (Å²) < 4.78 is 10.4. The van der Waals surface area contributed by atoms with Gasteiger partial charge in [0.1, 0.15) is 11.5 Å². The number of benzene rings is 1. The first kappa shape index (κ1) is 13.7. The number of carbonyl (C=O) groups is 1. The molecule has 2 N–H and O–H groups in total. The predicted octanol–water partition coefficient (Wildman–Crippen LogP) is 1.64. The Balaban J connectivity index is 2.07. The van der Waals surface area contributed by atoms with E-state index in [0.717, 1.165) is 25.9 Å². The van der Waals surface area contributed by atoms with Crippen LogP contribution in [0.15, 0.2) is 18.2 Å². The molecule has 1 fully saturated rings. The summed E-state index contributed by atoms with van der Waals surface area (Å²) in [6, 6.07) is 5.36. The summed E-state index contributed by atoms with van der Waals surface area (Å²) in [6.45, 7) is 1.74. The number of carbonyl (C=O) groups excluding carboxylic acids is 1. The largest absolute Gasteiger partial charge is 0.497 e. The van der Waals surface area contributed by atoms with Crippen LogP contribution in [0.5, 0.6) is 11.5 Å². The van der Waals surface area contributed by atoms with Crippen LogP contribution in [-0.2, 0) is 4.79 Å². The maximum atomic E-state index is 12.2. The Morgan fingerprint density at radius 1 is 1.37 bits per heavy atom. The summed E-state index contributed by atoms with van der Waals surface area (Å²) in [7, 11) is 3.17. The molecular weight excluding hydrogens is 244 g/mol. The van der Waals surface area contributed by atoms with E-state index in [2.05, 4.69) is 10.6 Å². The fourth-order valence-corrected chi connectivity index (χ4v) is 2.21. The van der Waals surface area contributed by atoms with Crippen LogP contribution in [0.25, 0.3) is 0 Å². The third-order valence-corrected chi connectivity index (χ3v) is 3.33. The van der Waals surface area contributed by atoms with E-state index in [1.54, 1.807) is 32.4 Å². The molecule has 0 radical (unpaired) electrons. The zero-order valence-electron chi connectivity index (χ0n) is 11.4. The van der Waals surface area contributed by atoms with E-state index in [1.165, 1.54) is 0 Å². The van der Waals surface area contributed by atoms with Gasteiger partial charge in [-0.05, 0) is 31.5 Å². The number of nitrogens with one attached hydrogen (secondary N) is 2. The lowest BCUT2D eigenvalue weighted by molar-refractivity contribution is -0.120. The van der Waals surface area contributed by atoms with Gasteiger partial charge in [-0.1, -0.05) is 0 Å². The van der Waals surface area contributed by atoms with Crippen LogP contribution in [0.1, 0.15) is 12.8 Å². The van der Waals surface area contributed by atoms with Crippen LogP contribution in [0.4, 0.5) is 5.69 Å². The molecule has 1 amide bonds. The first-order chi connectivity index (χ1) is 9.24. The lowest BCUT2D eigenvalue weighted by Gasteiger charge is -2.22. The smallest absolute Gasteiger partial charge is 0.228 e. The Morgan fingerprint density at radius 3 is 2.84 bits per heavy atom. The summed E-state index contributed by atoms with van der Waals surface area (Å²) in [6.07, 6.45) is 1.97. The van der Waals surface area contributed by atoms with Gasteiger partial charge >= 0.3 is 0 Å². The lowest BCUT2D eigenvalue weighted by Crippen LogP contribution is -2.37. The van der Waals surface area contributed by atoms with Crippen LogP contribution in [0.3, 0.4) is 0 Å². The molecule has 1 aliphatic rings. The minimum absolute atomic E-state index is 0.0283. The Labute approximate surface area is 113 Å². The molecule has 1 aromatic carbocycles. The molecule has 0 bridgehead atoms. The van der Waals surface area contributed by atoms with Crippen molar-refractivity contribution in [2.24, 2.45) is 5.92 Å². The number of hydrogen-bond donors (Lipinski definition) is 2. The lowest BCUT2D eigenvalue weighted by atomic mass is 9.99. The van der Waals surface area contributed by atoms with Gasteiger partial charge in [0.05, 0.1) is 25.8 Å². The average molecular weight is 264 g/mol. The van der Waals surface area contributed by atoms with E-state index >= 15 is 0 Å². The van der Waals surface area contributed by atoms with Gasteiger partial charge in [0, 0.05) is 12.6 Å². The number of rotatable bonds is 4. The maximum absolute atomic E-state index is 12.2. The molecule has 2 rings (SSSR count). The zero-order chi connectivity index (χ0) is 13.7. The second kappa shape index (κ2) is 6.43. The Bertz CT molecular complexity index is 442. The second-order valence-electron chi connectivity index (χ2n) is 4.60. The van der Waals surface area contributed by atoms with E-state index < -0.39 is 0 Å². The standard InChI is InChI=1S/C14H20N2O3/c1-18-11-5-6-12(13(8-11)19-2)16-14(17)10-4-3-7-15-9-10/h5-6,8,10,15H,3-4,7,9H2,1-2H3,(H,16,17)/t10-/m1/s1. The molecule has 0 aliphatic carbocycles. The summed E-state index contributed by atoms with van der Waals surface area (Å²) in [5.41, 5.74) is 0.680. The first-order valence-corrected chi connectivity index (χ1v) is 6.48. The number of ether oxygens (including phenoxy) is 2. The summed E-state index contributed by atoms with van der Waals surface area (Å²) in [5, 5.41) is 6.16. The predicted molar refractivity (Wildman–Crippen MR) is 73.8 cm³/mol. The van der Waals surface area contributed by atoms with E-state index in [9.17, 15) is 4.79 Å². The second-order valence-corrected chi connectivity index (χ2v) is 4.60. The minimum Gasteiger partial charge on any atom is -0.497 e. The van der Waals surface area contributed by atoms with E-state index in [-0.39, 0.29) is 11.8 Å². The van der Waals surface area contributed by atoms with E-state index in [4.69, 9.17) is 9.47 Å². The fraction of sp³-hybridized carbons (Fsp3) is 0.500. The zero-order valence-corrected chi connectivity index (χ0v) is 11.4. The van der Waals surface area contributed by atoms with Gasteiger partial charge in [0.25, 0.3) is 0 Å². The number of piperidine rings is 1. The van der Waals surface area contributed by atoms with Crippen molar-refractivity contribution in [3.8, 4) is 11.5 Å². The Kier molecular flexibility index (Phi) is 4.63. The molecule has 19 heavy (non-hydrogen) atoms. The highest BCUT2D eigenvalue weighted by atomic mass is 16.5. The summed E-state index contributed by atoms with van der Waals surface area (Å²) in [5.74, 6) is 1.38. The third-order valence-electron chi connectivity index (χ3n) is 3.33. The van der Waals surface area contributed by atoms with Crippen molar-refractivity contribution < 1.29 is 14.3 Å². The van der Waals surface area contributed by atoms with Crippen molar-refractivity contribution in [2.45, 2.75) is 12.8 Å². The van der Waals surface area contributed by atoms with Gasteiger partial charge < -0.3 is 20.1 Å². The molecule has 1 atom stereocenters. The number of hydrogen-bond acceptors (Lipinski definition) is 4. The van der Waals surface area contributed by atoms with Crippen LogP contribution in [0.2, 0.25) is 0 Å². The number of methoxy groups -OCH3 is 2. The molecule has 5 heteroatoms. The van der Waals surface area contributed by atoms with Gasteiger partial charge in [0.2, 0.25) is 5.91 Å². The van der Waals surface area contributed by atoms with E-state index in [1.807, 2.05) is 0 Å². The fourth-order valence-electron chi connectivity index (χ4n) is 2.21. The van der Waals surface area contributed by atoms with Crippen molar-refractivity contribution in [3.05, 3.63) is 18.2 Å². The van der Waals surface area contributed by atoms with Crippen molar-refractivity contribution in [2.75, 3.05) is 32.6 Å². The molecule has 1 aromatic rings. The van der Waals surface area contributed by atoms with Crippen LogP contribution >= 0.6 is 0 Å². The molecule has 0 spiro atoms. The van der Waals surface area contributed by atoms with Crippen molar-refractivity contribution in [1.29, 1.82) is 0 Å². The van der Waals surface area contributed by atoms with Gasteiger partial charge in [-0.25, -0.2) is 0 Å². The molecule has 0 saturated carbocycles. The van der Waals surface area contributed by atoms with E-state index in [0.29, 0.717) is 17.2 Å². The first-order valence-electron chi connectivity index (χ1n) is 6.48. The highest BCUT2D eigenvalue weighted by molar-refractivity contribution is 5.94. The van der Waals surface area contributed by atoms with Crippen LogP contribution in [0, 0.1) is 5.92 Å². The monoisotopic (exact) mass is 264 g/mol. The molecule has 104 valence electrons. The molecule has 5 nitrogen and oxygen atoms in total. The molecule has 0 aromatic heterocycles. The SMILES string of the molecule is COc1ccc(NC(=O)[C@@H]2CCCNC2)c(OC)c1. The van der Waals surface area contributed by atoms with Crippen molar-refractivity contribution in [1.82, 2.24) is 5.32 Å². The van der Waals surface area contributed by atoms with Crippen LogP contribution in [-0.4, -0.2) is 33.2 Å². The summed E-state index contributed by atoms with van der Waals surface area (Å²) >= 11 is 0. The Morgan fingerprint density at radius 2 is 2.21 bits per heavy atom. The number of amides is 1. The minimum atomic E-state index is 0.0283. The topological polar surface area (TPSA) is 59.6 Å². The molecular formula is C14H20N2O3. The molecule has 0 unspecified atom stereocenters. The van der Waals surface area contributed by atoms with Crippen molar-refractivity contribution in [3.63, 3.8) is 0 Å². The maximum Gasteiger partial charge on any atom is 0.228 e. The summed E-state index contributed by atoms with van der Waals surface area (Å²) in [4.78, 5) is 12.2. The molecule has 1 heterocycles. The highest BCUT2D eigenvalue weighted by Gasteiger charge is 2.21.